The fourth-order valence-electron chi connectivity index (χ4n) is 9.95. The Hall–Kier alpha value is -3.32. The van der Waals surface area contributed by atoms with Gasteiger partial charge in [0.1, 0.15) is 18.8 Å². The van der Waals surface area contributed by atoms with Gasteiger partial charge in [-0.15, -0.1) is 0 Å². The van der Waals surface area contributed by atoms with Crippen molar-refractivity contribution in [3.05, 3.63) is 48.6 Å². The number of aliphatic carboxylic acids is 1. The lowest BCUT2D eigenvalue weighted by molar-refractivity contribution is -0.301. The van der Waals surface area contributed by atoms with E-state index < -0.39 is 67.3 Å². The molecule has 1 rings (SSSR count). The molecule has 3 N–H and O–H groups in total. The Labute approximate surface area is 482 Å². The van der Waals surface area contributed by atoms with Crippen LogP contribution < -0.4 is 0 Å². The van der Waals surface area contributed by atoms with Gasteiger partial charge in [-0.3, -0.25) is 14.4 Å². The van der Waals surface area contributed by atoms with Crippen molar-refractivity contribution in [1.29, 1.82) is 0 Å². The Kier molecular flexibility index (Phi) is 51.5. The van der Waals surface area contributed by atoms with E-state index in [0.29, 0.717) is 19.3 Å². The van der Waals surface area contributed by atoms with Crippen LogP contribution in [0.25, 0.3) is 0 Å². The molecule has 0 aromatic rings. The number of hydrogen-bond donors (Lipinski definition) is 3. The molecule has 6 atom stereocenters. The van der Waals surface area contributed by atoms with E-state index in [0.717, 1.165) is 109 Å². The number of unbranched alkanes of at least 4 members (excludes halogenated alkanes) is 34. The number of carboxylic acid groups (broad SMARTS) is 1. The first kappa shape index (κ1) is 73.7. The van der Waals surface area contributed by atoms with Crippen LogP contribution >= 0.6 is 0 Å². The van der Waals surface area contributed by atoms with E-state index in [-0.39, 0.29) is 25.9 Å². The fraction of sp³-hybridized carbons (Fsp3) is 0.821. The molecular weight excluding hydrogens is 997 g/mol. The monoisotopic (exact) mass is 1110 g/mol. The molecule has 0 aromatic carbocycles. The SMILES string of the molecule is CC/C=C\C/C=C\C/C=C\C/C=C\CCCCCCCCC(=O)OCC(COC1OC(C(=O)O)C(O)C(O)C1OC(=O)CCCCCCCCCCCCC)OC(=O)CCCCCCCCCCCCCCCCCCCCC. The van der Waals surface area contributed by atoms with E-state index in [9.17, 15) is 34.5 Å². The molecule has 0 radical (unpaired) electrons. The minimum absolute atomic E-state index is 0.0633. The summed E-state index contributed by atoms with van der Waals surface area (Å²) >= 11 is 0. The van der Waals surface area contributed by atoms with Gasteiger partial charge in [-0.1, -0.05) is 275 Å². The molecule has 0 spiro atoms. The normalized spacial score (nSPS) is 18.1. The number of aliphatic hydroxyl groups excluding tert-OH is 2. The van der Waals surface area contributed by atoms with Crippen molar-refractivity contribution in [1.82, 2.24) is 0 Å². The highest BCUT2D eigenvalue weighted by Crippen LogP contribution is 2.27. The van der Waals surface area contributed by atoms with E-state index in [2.05, 4.69) is 69.4 Å². The first-order valence-corrected chi connectivity index (χ1v) is 32.6. The van der Waals surface area contributed by atoms with Gasteiger partial charge in [-0.2, -0.15) is 0 Å². The Bertz CT molecular complexity index is 1560. The van der Waals surface area contributed by atoms with Gasteiger partial charge in [0.2, 0.25) is 0 Å². The van der Waals surface area contributed by atoms with Crippen LogP contribution in [0, 0.1) is 0 Å². The number of hydrogen-bond acceptors (Lipinski definition) is 11. The topological polar surface area (TPSA) is 175 Å². The Morgan fingerprint density at radius 2 is 0.797 bits per heavy atom. The maximum Gasteiger partial charge on any atom is 0.335 e. The van der Waals surface area contributed by atoms with Crippen LogP contribution in [0.2, 0.25) is 0 Å². The molecule has 1 fully saturated rings. The minimum Gasteiger partial charge on any atom is -0.479 e. The lowest BCUT2D eigenvalue weighted by atomic mass is 9.98. The highest BCUT2D eigenvalue weighted by molar-refractivity contribution is 5.74. The summed E-state index contributed by atoms with van der Waals surface area (Å²) in [4.78, 5) is 51.3. The lowest BCUT2D eigenvalue weighted by Crippen LogP contribution is -2.61. The zero-order valence-electron chi connectivity index (χ0n) is 50.6. The molecule has 0 aliphatic carbocycles. The van der Waals surface area contributed by atoms with Gasteiger partial charge in [-0.05, 0) is 57.8 Å². The predicted molar refractivity (Wildman–Crippen MR) is 322 cm³/mol. The second kappa shape index (κ2) is 55.2. The molecule has 0 bridgehead atoms. The maximum atomic E-state index is 13.2. The Morgan fingerprint density at radius 3 is 1.22 bits per heavy atom. The van der Waals surface area contributed by atoms with E-state index in [1.807, 2.05) is 0 Å². The van der Waals surface area contributed by atoms with E-state index >= 15 is 0 Å². The zero-order chi connectivity index (χ0) is 57.5. The van der Waals surface area contributed by atoms with Crippen LogP contribution in [0.4, 0.5) is 0 Å². The van der Waals surface area contributed by atoms with Gasteiger partial charge >= 0.3 is 23.9 Å². The first-order valence-electron chi connectivity index (χ1n) is 32.6. The predicted octanol–water partition coefficient (Wildman–Crippen LogP) is 17.3. The van der Waals surface area contributed by atoms with Crippen LogP contribution in [0.15, 0.2) is 48.6 Å². The van der Waals surface area contributed by atoms with Crippen molar-refractivity contribution in [2.75, 3.05) is 13.2 Å². The largest absolute Gasteiger partial charge is 0.479 e. The summed E-state index contributed by atoms with van der Waals surface area (Å²) in [5.74, 6) is -3.11. The molecule has 458 valence electrons. The maximum absolute atomic E-state index is 13.2. The van der Waals surface area contributed by atoms with Crippen molar-refractivity contribution < 1.29 is 58.2 Å². The van der Waals surface area contributed by atoms with Crippen molar-refractivity contribution in [2.45, 2.75) is 340 Å². The van der Waals surface area contributed by atoms with E-state index in [4.69, 9.17) is 23.7 Å². The lowest BCUT2D eigenvalue weighted by Gasteiger charge is -2.40. The van der Waals surface area contributed by atoms with Gasteiger partial charge in [0.25, 0.3) is 0 Å². The Balaban J connectivity index is 2.63. The van der Waals surface area contributed by atoms with Gasteiger partial charge in [0, 0.05) is 19.3 Å². The van der Waals surface area contributed by atoms with Crippen LogP contribution in [0.5, 0.6) is 0 Å². The molecule has 79 heavy (non-hydrogen) atoms. The number of carbonyl (C=O) groups is 4. The molecule has 0 saturated carbocycles. The summed E-state index contributed by atoms with van der Waals surface area (Å²) < 4.78 is 28.5. The summed E-state index contributed by atoms with van der Waals surface area (Å²) in [5.41, 5.74) is 0. The quantitative estimate of drug-likeness (QED) is 0.0228. The standard InChI is InChI=1S/C67H118O12/c1-4-7-10-13-16-19-22-24-26-28-30-32-34-36-39-41-44-47-50-53-59(68)75-56-58(77-60(69)54-51-48-45-43-40-37-35-33-31-29-27-25-23-20-17-14-11-8-5-2)57-76-67-65(63(72)62(71)64(79-67)66(73)74)78-61(70)55-52-49-46-42-38-21-18-15-12-9-6-3/h7,10,16,19,24,26,30,32,58,62-65,67,71-72H,4-6,8-9,11-15,17-18,20-23,25,27-29,31,33-57H2,1-3H3,(H,73,74)/b10-7-,19-16-,26-24-,32-30-. The molecule has 12 heteroatoms. The smallest absolute Gasteiger partial charge is 0.335 e. The van der Waals surface area contributed by atoms with Crippen molar-refractivity contribution >= 4 is 23.9 Å². The second-order valence-electron chi connectivity index (χ2n) is 22.4. The molecule has 1 saturated heterocycles. The summed E-state index contributed by atoms with van der Waals surface area (Å²) in [6.07, 6.45) is 55.1. The van der Waals surface area contributed by atoms with E-state index in [1.54, 1.807) is 0 Å². The van der Waals surface area contributed by atoms with Crippen LogP contribution in [0.1, 0.15) is 303 Å². The third-order valence-electron chi connectivity index (χ3n) is 14.9. The van der Waals surface area contributed by atoms with Crippen LogP contribution in [-0.4, -0.2) is 89.2 Å². The first-order chi connectivity index (χ1) is 38.6. The summed E-state index contributed by atoms with van der Waals surface area (Å²) in [5, 5.41) is 31.5. The van der Waals surface area contributed by atoms with E-state index in [1.165, 1.54) is 135 Å². The van der Waals surface area contributed by atoms with Gasteiger partial charge in [0.15, 0.2) is 24.6 Å². The van der Waals surface area contributed by atoms with Gasteiger partial charge in [0.05, 0.1) is 6.61 Å². The Morgan fingerprint density at radius 1 is 0.430 bits per heavy atom. The summed E-state index contributed by atoms with van der Waals surface area (Å²) in [6.45, 7) is 5.90. The minimum atomic E-state index is -1.90. The molecule has 1 heterocycles. The van der Waals surface area contributed by atoms with Gasteiger partial charge in [-0.25, -0.2) is 4.79 Å². The van der Waals surface area contributed by atoms with Crippen molar-refractivity contribution in [3.8, 4) is 0 Å². The average Bonchev–Trinajstić information content (AvgIpc) is 3.47. The molecule has 1 aliphatic heterocycles. The molecule has 6 unspecified atom stereocenters. The van der Waals surface area contributed by atoms with Crippen LogP contribution in [0.3, 0.4) is 0 Å². The highest BCUT2D eigenvalue weighted by Gasteiger charge is 2.50. The zero-order valence-corrected chi connectivity index (χ0v) is 50.6. The second-order valence-corrected chi connectivity index (χ2v) is 22.4. The third-order valence-corrected chi connectivity index (χ3v) is 14.9. The number of ether oxygens (including phenoxy) is 5. The highest BCUT2D eigenvalue weighted by atomic mass is 16.7. The molecule has 0 amide bonds. The number of carboxylic acids is 1. The number of rotatable bonds is 56. The molecule has 0 aromatic heterocycles. The third kappa shape index (κ3) is 45.0. The van der Waals surface area contributed by atoms with Crippen molar-refractivity contribution in [2.24, 2.45) is 0 Å². The molecule has 1 aliphatic rings. The van der Waals surface area contributed by atoms with Crippen molar-refractivity contribution in [3.63, 3.8) is 0 Å². The number of carbonyl (C=O) groups excluding carboxylic acids is 3. The summed E-state index contributed by atoms with van der Waals surface area (Å²) in [6, 6.07) is 0. The summed E-state index contributed by atoms with van der Waals surface area (Å²) in [7, 11) is 0. The number of allylic oxidation sites excluding steroid dienone is 8. The molecule has 12 nitrogen and oxygen atoms in total. The average molecular weight is 1120 g/mol. The fourth-order valence-corrected chi connectivity index (χ4v) is 9.95. The molecular formula is C67H118O12. The van der Waals surface area contributed by atoms with Gasteiger partial charge < -0.3 is 39.0 Å². The number of aliphatic hydroxyl groups is 2. The van der Waals surface area contributed by atoms with Crippen LogP contribution in [-0.2, 0) is 42.9 Å². The number of esters is 3.